The Kier molecular flexibility index (Phi) is 3.65. The van der Waals surface area contributed by atoms with Crippen LogP contribution in [0.4, 0.5) is 4.39 Å². The molecule has 1 aliphatic carbocycles. The molecule has 1 saturated carbocycles. The fourth-order valence-corrected chi connectivity index (χ4v) is 2.83. The Hall–Kier alpha value is -2.54. The molecule has 1 N–H and O–H groups in total. The second kappa shape index (κ2) is 5.83. The van der Waals surface area contributed by atoms with E-state index in [0.29, 0.717) is 11.7 Å². The molecule has 1 aliphatic rings. The van der Waals surface area contributed by atoms with Gasteiger partial charge in [-0.1, -0.05) is 17.7 Å². The number of benzene rings is 1. The first-order chi connectivity index (χ1) is 11.6. The van der Waals surface area contributed by atoms with E-state index in [-0.39, 0.29) is 16.9 Å². The van der Waals surface area contributed by atoms with E-state index in [2.05, 4.69) is 20.4 Å². The van der Waals surface area contributed by atoms with Crippen LogP contribution in [0.5, 0.6) is 0 Å². The van der Waals surface area contributed by atoms with Crippen molar-refractivity contribution in [3.05, 3.63) is 58.9 Å². The summed E-state index contributed by atoms with van der Waals surface area (Å²) in [6.45, 7) is 0. The van der Waals surface area contributed by atoms with Crippen LogP contribution in [0.3, 0.4) is 0 Å². The molecule has 2 aromatic heterocycles. The molecular weight excluding hydrogens is 333 g/mol. The van der Waals surface area contributed by atoms with Crippen LogP contribution in [0.1, 0.15) is 35.1 Å². The first-order valence-electron chi connectivity index (χ1n) is 7.55. The molecule has 8 heteroatoms. The second-order valence-corrected chi connectivity index (χ2v) is 6.17. The van der Waals surface area contributed by atoms with Gasteiger partial charge in [0.05, 0.1) is 11.1 Å². The summed E-state index contributed by atoms with van der Waals surface area (Å²) in [6, 6.07) is 5.97. The van der Waals surface area contributed by atoms with E-state index >= 15 is 0 Å². The van der Waals surface area contributed by atoms with Crippen LogP contribution < -0.4 is 5.32 Å². The highest BCUT2D eigenvalue weighted by Gasteiger charge is 2.34. The Balaban J connectivity index is 1.60. The van der Waals surface area contributed by atoms with Crippen molar-refractivity contribution in [2.45, 2.75) is 18.9 Å². The normalized spacial score (nSPS) is 15.4. The smallest absolute Gasteiger partial charge is 0.291 e. The van der Waals surface area contributed by atoms with Gasteiger partial charge in [-0.15, -0.1) is 5.10 Å². The number of halogens is 2. The van der Waals surface area contributed by atoms with Crippen LogP contribution in [-0.4, -0.2) is 25.5 Å². The van der Waals surface area contributed by atoms with Crippen molar-refractivity contribution in [1.82, 2.24) is 24.9 Å². The van der Waals surface area contributed by atoms with Gasteiger partial charge in [-0.05, 0) is 42.5 Å². The van der Waals surface area contributed by atoms with Gasteiger partial charge in [0.1, 0.15) is 5.82 Å². The lowest BCUT2D eigenvalue weighted by molar-refractivity contribution is 0.0921. The van der Waals surface area contributed by atoms with Crippen molar-refractivity contribution in [1.29, 1.82) is 0 Å². The zero-order valence-electron chi connectivity index (χ0n) is 12.5. The summed E-state index contributed by atoms with van der Waals surface area (Å²) in [6.07, 6.45) is 5.25. The minimum atomic E-state index is -0.477. The van der Waals surface area contributed by atoms with Crippen molar-refractivity contribution in [3.63, 3.8) is 0 Å². The zero-order chi connectivity index (χ0) is 16.7. The standard InChI is InChI=1S/C16H13ClFN5O/c17-11-8-10(4-5-12(11)18)13(9-2-3-9)20-15(24)14-21-16-19-6-1-7-23(16)22-14/h1,4-9,13H,2-3H2,(H,20,24). The van der Waals surface area contributed by atoms with E-state index in [0.717, 1.165) is 18.4 Å². The molecular formula is C16H13ClFN5O. The Morgan fingerprint density at radius 1 is 1.42 bits per heavy atom. The molecule has 1 aromatic carbocycles. The summed E-state index contributed by atoms with van der Waals surface area (Å²) in [5, 5.41) is 7.09. The highest BCUT2D eigenvalue weighted by Crippen LogP contribution is 2.41. The molecule has 3 aromatic rings. The third kappa shape index (κ3) is 2.82. The van der Waals surface area contributed by atoms with Gasteiger partial charge in [-0.3, -0.25) is 4.79 Å². The lowest BCUT2D eigenvalue weighted by Gasteiger charge is -2.18. The van der Waals surface area contributed by atoms with Crippen molar-refractivity contribution >= 4 is 23.3 Å². The second-order valence-electron chi connectivity index (χ2n) is 5.76. The van der Waals surface area contributed by atoms with Crippen molar-refractivity contribution in [2.24, 2.45) is 5.92 Å². The van der Waals surface area contributed by atoms with Gasteiger partial charge in [0.25, 0.3) is 11.7 Å². The Labute approximate surface area is 141 Å². The van der Waals surface area contributed by atoms with Gasteiger partial charge in [-0.2, -0.15) is 4.98 Å². The van der Waals surface area contributed by atoms with Gasteiger partial charge in [0.15, 0.2) is 0 Å². The summed E-state index contributed by atoms with van der Waals surface area (Å²) < 4.78 is 14.8. The molecule has 122 valence electrons. The molecule has 0 bridgehead atoms. The minimum absolute atomic E-state index is 0.0439. The van der Waals surface area contributed by atoms with Crippen LogP contribution in [0, 0.1) is 11.7 Å². The monoisotopic (exact) mass is 345 g/mol. The third-order valence-corrected chi connectivity index (χ3v) is 4.29. The number of amides is 1. The van der Waals surface area contributed by atoms with Gasteiger partial charge < -0.3 is 5.32 Å². The molecule has 0 spiro atoms. The Morgan fingerprint density at radius 3 is 2.96 bits per heavy atom. The first-order valence-corrected chi connectivity index (χ1v) is 7.93. The molecule has 24 heavy (non-hydrogen) atoms. The van der Waals surface area contributed by atoms with E-state index in [9.17, 15) is 9.18 Å². The van der Waals surface area contributed by atoms with Crippen molar-refractivity contribution in [3.8, 4) is 0 Å². The summed E-state index contributed by atoms with van der Waals surface area (Å²) in [7, 11) is 0. The van der Waals surface area contributed by atoms with E-state index in [4.69, 9.17) is 11.6 Å². The SMILES string of the molecule is O=C(NC(c1ccc(F)c(Cl)c1)C1CC1)c1nc2ncccn2n1. The van der Waals surface area contributed by atoms with Crippen molar-refractivity contribution in [2.75, 3.05) is 0 Å². The summed E-state index contributed by atoms with van der Waals surface area (Å²) >= 11 is 5.87. The summed E-state index contributed by atoms with van der Waals surface area (Å²) in [5.74, 6) is -0.152. The molecule has 1 unspecified atom stereocenters. The molecule has 0 radical (unpaired) electrons. The van der Waals surface area contributed by atoms with Crippen LogP contribution in [0.2, 0.25) is 5.02 Å². The minimum Gasteiger partial charge on any atom is -0.342 e. The highest BCUT2D eigenvalue weighted by atomic mass is 35.5. The maximum Gasteiger partial charge on any atom is 0.291 e. The predicted octanol–water partition coefficient (Wildman–Crippen LogP) is 2.80. The van der Waals surface area contributed by atoms with E-state index < -0.39 is 11.7 Å². The van der Waals surface area contributed by atoms with Crippen molar-refractivity contribution < 1.29 is 9.18 Å². The number of hydrogen-bond acceptors (Lipinski definition) is 4. The molecule has 4 rings (SSSR count). The van der Waals surface area contributed by atoms with Crippen LogP contribution in [0.15, 0.2) is 36.7 Å². The number of fused-ring (bicyclic) bond motifs is 1. The number of nitrogens with zero attached hydrogens (tertiary/aromatic N) is 4. The molecule has 1 fully saturated rings. The predicted molar refractivity (Wildman–Crippen MR) is 85.1 cm³/mol. The maximum atomic E-state index is 13.4. The number of carbonyl (C=O) groups is 1. The number of carbonyl (C=O) groups excluding carboxylic acids is 1. The van der Waals surface area contributed by atoms with E-state index in [1.54, 1.807) is 30.6 Å². The Bertz CT molecular complexity index is 891. The fourth-order valence-electron chi connectivity index (χ4n) is 2.64. The number of hydrogen-bond donors (Lipinski definition) is 1. The average molecular weight is 346 g/mol. The largest absolute Gasteiger partial charge is 0.342 e. The zero-order valence-corrected chi connectivity index (χ0v) is 13.2. The van der Waals surface area contributed by atoms with E-state index in [1.807, 2.05) is 0 Å². The number of nitrogens with one attached hydrogen (secondary N) is 1. The maximum absolute atomic E-state index is 13.4. The van der Waals surface area contributed by atoms with Crippen LogP contribution >= 0.6 is 11.6 Å². The van der Waals surface area contributed by atoms with Gasteiger partial charge in [0, 0.05) is 12.4 Å². The van der Waals surface area contributed by atoms with Gasteiger partial charge >= 0.3 is 0 Å². The van der Waals surface area contributed by atoms with E-state index in [1.165, 1.54) is 10.6 Å². The summed E-state index contributed by atoms with van der Waals surface area (Å²) in [5.41, 5.74) is 0.777. The highest BCUT2D eigenvalue weighted by molar-refractivity contribution is 6.30. The Morgan fingerprint density at radius 2 is 2.25 bits per heavy atom. The lowest BCUT2D eigenvalue weighted by atomic mass is 10.0. The average Bonchev–Trinajstić information content (AvgIpc) is 3.32. The molecule has 6 nitrogen and oxygen atoms in total. The van der Waals surface area contributed by atoms with Crippen LogP contribution in [-0.2, 0) is 0 Å². The number of aromatic nitrogens is 4. The molecule has 0 aliphatic heterocycles. The third-order valence-electron chi connectivity index (χ3n) is 4.00. The first kappa shape index (κ1) is 15.0. The fraction of sp³-hybridized carbons (Fsp3) is 0.250. The molecule has 2 heterocycles. The van der Waals surface area contributed by atoms with Crippen LogP contribution in [0.25, 0.3) is 5.78 Å². The van der Waals surface area contributed by atoms with Gasteiger partial charge in [0.2, 0.25) is 5.82 Å². The summed E-state index contributed by atoms with van der Waals surface area (Å²) in [4.78, 5) is 20.7. The topological polar surface area (TPSA) is 72.2 Å². The molecule has 0 saturated heterocycles. The lowest BCUT2D eigenvalue weighted by Crippen LogP contribution is -2.30. The molecule has 1 atom stereocenters. The molecule has 1 amide bonds. The number of rotatable bonds is 4. The van der Waals surface area contributed by atoms with Gasteiger partial charge in [-0.25, -0.2) is 13.9 Å². The quantitative estimate of drug-likeness (QED) is 0.789.